The van der Waals surface area contributed by atoms with Crippen LogP contribution in [0.2, 0.25) is 5.02 Å². The molecule has 1 amide bonds. The molecule has 7 heteroatoms. The number of rotatable bonds is 7. The smallest absolute Gasteiger partial charge is 0.254 e. The fraction of sp³-hybridized carbons (Fsp3) is 0.0800. The van der Waals surface area contributed by atoms with Gasteiger partial charge < -0.3 is 15.0 Å². The van der Waals surface area contributed by atoms with Crippen LogP contribution in [0.3, 0.4) is 0 Å². The number of nitrogens with one attached hydrogen (secondary N) is 2. The number of anilines is 1. The van der Waals surface area contributed by atoms with Gasteiger partial charge in [0.05, 0.1) is 6.42 Å². The quantitative estimate of drug-likeness (QED) is 0.426. The fourth-order valence-corrected chi connectivity index (χ4v) is 3.18. The number of carbonyl (C=O) groups is 1. The molecular weight excluding hydrogens is 426 g/mol. The number of halogens is 1. The maximum Gasteiger partial charge on any atom is 0.254 e. The molecule has 1 heterocycles. The number of nitrogens with zero attached hydrogens (tertiary/aromatic N) is 1. The molecule has 0 saturated carbocycles. The first-order chi connectivity index (χ1) is 15.6. The third kappa shape index (κ3) is 5.62. The number of ether oxygens (including phenoxy) is 1. The Morgan fingerprint density at radius 1 is 0.969 bits per heavy atom. The zero-order valence-electron chi connectivity index (χ0n) is 17.0. The zero-order chi connectivity index (χ0) is 22.3. The number of aromatic amines is 1. The lowest BCUT2D eigenvalue weighted by molar-refractivity contribution is -0.115. The van der Waals surface area contributed by atoms with Crippen molar-refractivity contribution in [1.82, 2.24) is 9.97 Å². The molecule has 0 atom stereocenters. The predicted molar refractivity (Wildman–Crippen MR) is 125 cm³/mol. The van der Waals surface area contributed by atoms with Crippen LogP contribution in [0.5, 0.6) is 5.75 Å². The van der Waals surface area contributed by atoms with Crippen LogP contribution in [0.15, 0.2) is 89.9 Å². The predicted octanol–water partition coefficient (Wildman–Crippen LogP) is 4.85. The van der Waals surface area contributed by atoms with Crippen molar-refractivity contribution in [2.24, 2.45) is 0 Å². The molecule has 0 bridgehead atoms. The SMILES string of the molecule is O=C(Cc1cnc(-c2ccc(Cl)cc2)[nH]c1=O)Nc1ccc(OCc2ccccc2)cc1. The van der Waals surface area contributed by atoms with Crippen LogP contribution in [0, 0.1) is 0 Å². The van der Waals surface area contributed by atoms with E-state index in [4.69, 9.17) is 16.3 Å². The Morgan fingerprint density at radius 3 is 2.38 bits per heavy atom. The Kier molecular flexibility index (Phi) is 6.63. The van der Waals surface area contributed by atoms with E-state index in [0.717, 1.165) is 11.1 Å². The van der Waals surface area contributed by atoms with Crippen LogP contribution < -0.4 is 15.6 Å². The summed E-state index contributed by atoms with van der Waals surface area (Å²) in [5.74, 6) is 0.807. The molecule has 1 aromatic heterocycles. The Balaban J connectivity index is 1.34. The van der Waals surface area contributed by atoms with E-state index in [9.17, 15) is 9.59 Å². The first-order valence-electron chi connectivity index (χ1n) is 9.97. The molecule has 0 spiro atoms. The average Bonchev–Trinajstić information content (AvgIpc) is 2.81. The molecule has 160 valence electrons. The molecule has 0 aliphatic rings. The Morgan fingerprint density at radius 2 is 1.69 bits per heavy atom. The molecule has 0 unspecified atom stereocenters. The van der Waals surface area contributed by atoms with Gasteiger partial charge in [-0.3, -0.25) is 9.59 Å². The van der Waals surface area contributed by atoms with E-state index in [0.29, 0.717) is 28.9 Å². The number of hydrogen-bond donors (Lipinski definition) is 2. The molecule has 0 fully saturated rings. The zero-order valence-corrected chi connectivity index (χ0v) is 17.8. The van der Waals surface area contributed by atoms with Crippen molar-refractivity contribution < 1.29 is 9.53 Å². The summed E-state index contributed by atoms with van der Waals surface area (Å²) in [6.45, 7) is 0.467. The molecule has 0 saturated heterocycles. The summed E-state index contributed by atoms with van der Waals surface area (Å²) in [5.41, 5.74) is 2.35. The van der Waals surface area contributed by atoms with Crippen molar-refractivity contribution in [2.75, 3.05) is 5.32 Å². The van der Waals surface area contributed by atoms with Crippen LogP contribution in [0.25, 0.3) is 11.4 Å². The minimum absolute atomic E-state index is 0.0878. The Bertz CT molecular complexity index is 1250. The molecule has 32 heavy (non-hydrogen) atoms. The number of carbonyl (C=O) groups excluding carboxylic acids is 1. The lowest BCUT2D eigenvalue weighted by atomic mass is 10.2. The third-order valence-corrected chi connectivity index (χ3v) is 4.98. The van der Waals surface area contributed by atoms with E-state index in [1.165, 1.54) is 6.20 Å². The van der Waals surface area contributed by atoms with Gasteiger partial charge in [-0.15, -0.1) is 0 Å². The van der Waals surface area contributed by atoms with Crippen LogP contribution in [0.1, 0.15) is 11.1 Å². The van der Waals surface area contributed by atoms with Crippen molar-refractivity contribution in [2.45, 2.75) is 13.0 Å². The maximum atomic E-state index is 12.4. The summed E-state index contributed by atoms with van der Waals surface area (Å²) in [5, 5.41) is 3.38. The van der Waals surface area contributed by atoms with Crippen LogP contribution in [-0.2, 0) is 17.8 Å². The second-order valence-corrected chi connectivity index (χ2v) is 7.55. The summed E-state index contributed by atoms with van der Waals surface area (Å²) in [7, 11) is 0. The number of amides is 1. The lowest BCUT2D eigenvalue weighted by Crippen LogP contribution is -2.22. The highest BCUT2D eigenvalue weighted by atomic mass is 35.5. The summed E-state index contributed by atoms with van der Waals surface area (Å²) in [6.07, 6.45) is 1.33. The highest BCUT2D eigenvalue weighted by Gasteiger charge is 2.10. The number of benzene rings is 3. The summed E-state index contributed by atoms with van der Waals surface area (Å²) in [4.78, 5) is 31.7. The van der Waals surface area contributed by atoms with Crippen molar-refractivity contribution in [3.8, 4) is 17.1 Å². The Hall–Kier alpha value is -3.90. The van der Waals surface area contributed by atoms with Crippen molar-refractivity contribution in [3.63, 3.8) is 0 Å². The largest absolute Gasteiger partial charge is 0.489 e. The summed E-state index contributed by atoms with van der Waals surface area (Å²) in [6, 6.07) is 23.9. The van der Waals surface area contributed by atoms with Crippen molar-refractivity contribution >= 4 is 23.2 Å². The van der Waals surface area contributed by atoms with Crippen LogP contribution in [0.4, 0.5) is 5.69 Å². The molecular formula is C25H20ClN3O3. The minimum atomic E-state index is -0.357. The first kappa shape index (κ1) is 21.3. The normalized spacial score (nSPS) is 10.5. The van der Waals surface area contributed by atoms with Gasteiger partial charge in [0.15, 0.2) is 0 Å². The van der Waals surface area contributed by atoms with Gasteiger partial charge >= 0.3 is 0 Å². The Labute approximate surface area is 189 Å². The molecule has 4 rings (SSSR count). The molecule has 3 aromatic carbocycles. The standard InChI is InChI=1S/C25H20ClN3O3/c26-20-8-6-18(7-9-20)24-27-15-19(25(31)29-24)14-23(30)28-21-10-12-22(13-11-21)32-16-17-4-2-1-3-5-17/h1-13,15H,14,16H2,(H,28,30)(H,27,29,31). The van der Waals surface area contributed by atoms with Gasteiger partial charge in [-0.05, 0) is 54.1 Å². The van der Waals surface area contributed by atoms with Gasteiger partial charge in [-0.2, -0.15) is 0 Å². The number of hydrogen-bond acceptors (Lipinski definition) is 4. The summed E-state index contributed by atoms with van der Waals surface area (Å²) >= 11 is 5.89. The molecule has 0 aliphatic heterocycles. The monoisotopic (exact) mass is 445 g/mol. The second-order valence-electron chi connectivity index (χ2n) is 7.12. The van der Waals surface area contributed by atoms with Gasteiger partial charge in [0.25, 0.3) is 5.56 Å². The first-order valence-corrected chi connectivity index (χ1v) is 10.4. The molecule has 2 N–H and O–H groups in total. The number of H-pyrrole nitrogens is 1. The van der Waals surface area contributed by atoms with Crippen LogP contribution >= 0.6 is 11.6 Å². The fourth-order valence-electron chi connectivity index (χ4n) is 3.06. The maximum absolute atomic E-state index is 12.4. The van der Waals surface area contributed by atoms with E-state index in [1.54, 1.807) is 48.5 Å². The van der Waals surface area contributed by atoms with E-state index in [1.807, 2.05) is 30.3 Å². The molecule has 6 nitrogen and oxygen atoms in total. The van der Waals surface area contributed by atoms with Gasteiger partial charge in [-0.1, -0.05) is 41.9 Å². The number of aromatic nitrogens is 2. The van der Waals surface area contributed by atoms with E-state index < -0.39 is 0 Å². The highest BCUT2D eigenvalue weighted by molar-refractivity contribution is 6.30. The molecule has 0 radical (unpaired) electrons. The highest BCUT2D eigenvalue weighted by Crippen LogP contribution is 2.18. The van der Waals surface area contributed by atoms with Gasteiger partial charge in [0, 0.05) is 28.0 Å². The summed E-state index contributed by atoms with van der Waals surface area (Å²) < 4.78 is 5.74. The third-order valence-electron chi connectivity index (χ3n) is 4.73. The van der Waals surface area contributed by atoms with E-state index in [-0.39, 0.29) is 23.5 Å². The lowest BCUT2D eigenvalue weighted by Gasteiger charge is -2.09. The van der Waals surface area contributed by atoms with E-state index in [2.05, 4.69) is 15.3 Å². The molecule has 0 aliphatic carbocycles. The van der Waals surface area contributed by atoms with Crippen LogP contribution in [-0.4, -0.2) is 15.9 Å². The molecule has 4 aromatic rings. The topological polar surface area (TPSA) is 84.1 Å². The second kappa shape index (κ2) is 9.94. The van der Waals surface area contributed by atoms with Gasteiger partial charge in [0.1, 0.15) is 18.2 Å². The van der Waals surface area contributed by atoms with E-state index >= 15 is 0 Å². The van der Waals surface area contributed by atoms with Gasteiger partial charge in [0.2, 0.25) is 5.91 Å². The van der Waals surface area contributed by atoms with Crippen molar-refractivity contribution in [1.29, 1.82) is 0 Å². The van der Waals surface area contributed by atoms with Gasteiger partial charge in [-0.25, -0.2) is 4.98 Å². The van der Waals surface area contributed by atoms with Crippen molar-refractivity contribution in [3.05, 3.63) is 112 Å². The average molecular weight is 446 g/mol. The minimum Gasteiger partial charge on any atom is -0.489 e.